The first kappa shape index (κ1) is 14.1. The Hall–Kier alpha value is -2.28. The minimum Gasteiger partial charge on any atom is -0.454 e. The van der Waals surface area contributed by atoms with Gasteiger partial charge in [-0.25, -0.2) is 0 Å². The van der Waals surface area contributed by atoms with Crippen molar-refractivity contribution in [3.05, 3.63) is 23.8 Å². The summed E-state index contributed by atoms with van der Waals surface area (Å²) in [4.78, 5) is 24.3. The number of hydrogen-bond acceptors (Lipinski definition) is 5. The summed E-state index contributed by atoms with van der Waals surface area (Å²) in [7, 11) is 1.67. The van der Waals surface area contributed by atoms with Crippen LogP contribution in [0.3, 0.4) is 0 Å². The van der Waals surface area contributed by atoms with E-state index < -0.39 is 0 Å². The SMILES string of the molecule is CN(Cc1ccc2c(c1)OCO2)C(=O)CNC(=O)CN. The number of ether oxygens (including phenoxy) is 2. The monoisotopic (exact) mass is 279 g/mol. The van der Waals surface area contributed by atoms with E-state index in [0.29, 0.717) is 18.0 Å². The molecule has 7 heteroatoms. The van der Waals surface area contributed by atoms with Gasteiger partial charge in [-0.05, 0) is 17.7 Å². The van der Waals surface area contributed by atoms with Crippen LogP contribution in [0, 0.1) is 0 Å². The molecule has 1 heterocycles. The molecule has 3 N–H and O–H groups in total. The number of likely N-dealkylation sites (N-methyl/N-ethyl adjacent to an activating group) is 1. The van der Waals surface area contributed by atoms with E-state index in [1.54, 1.807) is 7.05 Å². The Morgan fingerprint density at radius 2 is 2.10 bits per heavy atom. The molecule has 0 fully saturated rings. The van der Waals surface area contributed by atoms with Crippen molar-refractivity contribution < 1.29 is 19.1 Å². The van der Waals surface area contributed by atoms with Crippen LogP contribution in [0.4, 0.5) is 0 Å². The number of nitrogens with two attached hydrogens (primary N) is 1. The van der Waals surface area contributed by atoms with E-state index in [4.69, 9.17) is 15.2 Å². The third-order valence-corrected chi connectivity index (χ3v) is 2.90. The van der Waals surface area contributed by atoms with E-state index in [0.717, 1.165) is 5.56 Å². The van der Waals surface area contributed by atoms with Gasteiger partial charge in [0.25, 0.3) is 0 Å². The molecule has 108 valence electrons. The molecule has 0 spiro atoms. The molecule has 0 saturated heterocycles. The molecule has 2 amide bonds. The van der Waals surface area contributed by atoms with Crippen LogP contribution in [0.15, 0.2) is 18.2 Å². The molecule has 1 aromatic rings. The number of nitrogens with zero attached hydrogens (tertiary/aromatic N) is 1. The van der Waals surface area contributed by atoms with Crippen LogP contribution in [0.25, 0.3) is 0 Å². The second-order valence-electron chi connectivity index (χ2n) is 4.42. The first-order valence-corrected chi connectivity index (χ1v) is 6.19. The molecule has 20 heavy (non-hydrogen) atoms. The predicted octanol–water partition coefficient (Wildman–Crippen LogP) is -0.551. The number of carbonyl (C=O) groups is 2. The molecule has 2 rings (SSSR count). The van der Waals surface area contributed by atoms with Gasteiger partial charge in [-0.15, -0.1) is 0 Å². The molecule has 0 bridgehead atoms. The lowest BCUT2D eigenvalue weighted by molar-refractivity contribution is -0.131. The summed E-state index contributed by atoms with van der Waals surface area (Å²) in [6.07, 6.45) is 0. The van der Waals surface area contributed by atoms with E-state index in [-0.39, 0.29) is 31.7 Å². The van der Waals surface area contributed by atoms with Gasteiger partial charge in [0.05, 0.1) is 13.1 Å². The molecule has 1 aliphatic rings. The number of carbonyl (C=O) groups excluding carboxylic acids is 2. The predicted molar refractivity (Wildman–Crippen MR) is 71.1 cm³/mol. The number of nitrogens with one attached hydrogen (secondary N) is 1. The molecular weight excluding hydrogens is 262 g/mol. The fraction of sp³-hybridized carbons (Fsp3) is 0.385. The molecule has 0 atom stereocenters. The van der Waals surface area contributed by atoms with Crippen molar-refractivity contribution in [1.29, 1.82) is 0 Å². The largest absolute Gasteiger partial charge is 0.454 e. The molecule has 0 saturated carbocycles. The Morgan fingerprint density at radius 1 is 1.35 bits per heavy atom. The topological polar surface area (TPSA) is 93.9 Å². The zero-order valence-corrected chi connectivity index (χ0v) is 11.2. The summed E-state index contributed by atoms with van der Waals surface area (Å²) in [5.41, 5.74) is 6.07. The fourth-order valence-corrected chi connectivity index (χ4v) is 1.78. The molecule has 1 aromatic carbocycles. The highest BCUT2D eigenvalue weighted by molar-refractivity contribution is 5.85. The van der Waals surface area contributed by atoms with Gasteiger partial charge in [-0.1, -0.05) is 6.07 Å². The van der Waals surface area contributed by atoms with Crippen molar-refractivity contribution in [3.63, 3.8) is 0 Å². The van der Waals surface area contributed by atoms with Crippen molar-refractivity contribution in [2.24, 2.45) is 5.73 Å². The lowest BCUT2D eigenvalue weighted by Gasteiger charge is -2.17. The first-order valence-electron chi connectivity index (χ1n) is 6.19. The van der Waals surface area contributed by atoms with Crippen LogP contribution in [0.1, 0.15) is 5.56 Å². The quantitative estimate of drug-likeness (QED) is 0.754. The van der Waals surface area contributed by atoms with E-state index >= 15 is 0 Å². The van der Waals surface area contributed by atoms with Gasteiger partial charge in [0.1, 0.15) is 0 Å². The minimum atomic E-state index is -0.352. The second-order valence-corrected chi connectivity index (χ2v) is 4.42. The molecule has 0 aromatic heterocycles. The zero-order valence-electron chi connectivity index (χ0n) is 11.2. The highest BCUT2D eigenvalue weighted by Crippen LogP contribution is 2.32. The molecule has 0 radical (unpaired) electrons. The maximum absolute atomic E-state index is 11.8. The summed E-state index contributed by atoms with van der Waals surface area (Å²) in [5, 5.41) is 2.44. The van der Waals surface area contributed by atoms with Crippen LogP contribution in [-0.2, 0) is 16.1 Å². The third-order valence-electron chi connectivity index (χ3n) is 2.90. The Labute approximate surface area is 116 Å². The number of benzene rings is 1. The Morgan fingerprint density at radius 3 is 2.85 bits per heavy atom. The van der Waals surface area contributed by atoms with Gasteiger partial charge >= 0.3 is 0 Å². The Bertz CT molecular complexity index is 518. The summed E-state index contributed by atoms with van der Waals surface area (Å²) in [5.74, 6) is 0.844. The van der Waals surface area contributed by atoms with Crippen molar-refractivity contribution in [2.45, 2.75) is 6.54 Å². The van der Waals surface area contributed by atoms with E-state index in [9.17, 15) is 9.59 Å². The van der Waals surface area contributed by atoms with Crippen LogP contribution in [0.5, 0.6) is 11.5 Å². The highest BCUT2D eigenvalue weighted by Gasteiger charge is 2.15. The molecular formula is C13H17N3O4. The smallest absolute Gasteiger partial charge is 0.242 e. The fourth-order valence-electron chi connectivity index (χ4n) is 1.78. The Balaban J connectivity index is 1.89. The number of fused-ring (bicyclic) bond motifs is 1. The van der Waals surface area contributed by atoms with Crippen molar-refractivity contribution in [1.82, 2.24) is 10.2 Å². The van der Waals surface area contributed by atoms with Gasteiger partial charge in [0.2, 0.25) is 18.6 Å². The van der Waals surface area contributed by atoms with Crippen LogP contribution in [0.2, 0.25) is 0 Å². The van der Waals surface area contributed by atoms with Gasteiger partial charge in [0, 0.05) is 13.6 Å². The van der Waals surface area contributed by atoms with Crippen LogP contribution >= 0.6 is 0 Å². The summed E-state index contributed by atoms with van der Waals surface area (Å²) >= 11 is 0. The zero-order chi connectivity index (χ0) is 14.5. The van der Waals surface area contributed by atoms with Crippen molar-refractivity contribution in [2.75, 3.05) is 26.9 Å². The molecule has 0 aliphatic carbocycles. The highest BCUT2D eigenvalue weighted by atomic mass is 16.7. The van der Waals surface area contributed by atoms with Crippen molar-refractivity contribution >= 4 is 11.8 Å². The normalized spacial score (nSPS) is 12.1. The maximum Gasteiger partial charge on any atom is 0.242 e. The summed E-state index contributed by atoms with van der Waals surface area (Å²) in [6.45, 7) is 0.461. The molecule has 1 aliphatic heterocycles. The van der Waals surface area contributed by atoms with Crippen LogP contribution < -0.4 is 20.5 Å². The Kier molecular flexibility index (Phi) is 4.41. The lowest BCUT2D eigenvalue weighted by Crippen LogP contribution is -2.40. The standard InChI is InChI=1S/C13H17N3O4/c1-16(13(18)6-15-12(17)5-14)7-9-2-3-10-11(4-9)20-8-19-10/h2-4H,5-8,14H2,1H3,(H,15,17). The number of hydrogen-bond donors (Lipinski definition) is 2. The summed E-state index contributed by atoms with van der Waals surface area (Å²) < 4.78 is 10.5. The van der Waals surface area contributed by atoms with E-state index in [1.807, 2.05) is 18.2 Å². The first-order chi connectivity index (χ1) is 9.60. The van der Waals surface area contributed by atoms with Gasteiger partial charge in [0.15, 0.2) is 11.5 Å². The maximum atomic E-state index is 11.8. The van der Waals surface area contributed by atoms with Gasteiger partial charge in [-0.3, -0.25) is 9.59 Å². The average Bonchev–Trinajstić information content (AvgIpc) is 2.91. The van der Waals surface area contributed by atoms with E-state index in [2.05, 4.69) is 5.32 Å². The molecule has 7 nitrogen and oxygen atoms in total. The third kappa shape index (κ3) is 3.39. The van der Waals surface area contributed by atoms with Gasteiger partial charge < -0.3 is 25.4 Å². The van der Waals surface area contributed by atoms with Gasteiger partial charge in [-0.2, -0.15) is 0 Å². The summed E-state index contributed by atoms with van der Waals surface area (Å²) in [6, 6.07) is 5.52. The number of amides is 2. The van der Waals surface area contributed by atoms with Crippen molar-refractivity contribution in [3.8, 4) is 11.5 Å². The number of rotatable bonds is 5. The average molecular weight is 279 g/mol. The minimum absolute atomic E-state index is 0.0584. The molecule has 0 unspecified atom stereocenters. The second kappa shape index (κ2) is 6.25. The lowest BCUT2D eigenvalue weighted by atomic mass is 10.2. The van der Waals surface area contributed by atoms with Crippen LogP contribution in [-0.4, -0.2) is 43.6 Å². The van der Waals surface area contributed by atoms with E-state index in [1.165, 1.54) is 4.90 Å².